The summed E-state index contributed by atoms with van der Waals surface area (Å²) in [4.78, 5) is 14.0. The van der Waals surface area contributed by atoms with Gasteiger partial charge in [0.15, 0.2) is 0 Å². The first kappa shape index (κ1) is 15.1. The van der Waals surface area contributed by atoms with Gasteiger partial charge in [-0.05, 0) is 36.4 Å². The molecular weight excluding hydrogens is 288 g/mol. The van der Waals surface area contributed by atoms with Crippen LogP contribution in [0.25, 0.3) is 0 Å². The first-order chi connectivity index (χ1) is 9.90. The normalized spacial score (nSPS) is 11.0. The van der Waals surface area contributed by atoms with E-state index in [1.165, 1.54) is 12.1 Å². The number of anilines is 1. The van der Waals surface area contributed by atoms with E-state index in [-0.39, 0.29) is 4.90 Å². The van der Waals surface area contributed by atoms with E-state index in [1.807, 2.05) is 19.0 Å². The summed E-state index contributed by atoms with van der Waals surface area (Å²) < 4.78 is 26.2. The van der Waals surface area contributed by atoms with E-state index in [9.17, 15) is 13.2 Å². The van der Waals surface area contributed by atoms with Gasteiger partial charge >= 0.3 is 0 Å². The number of nitrogens with zero attached hydrogens (tertiary/aromatic N) is 1. The maximum atomic E-state index is 12.1. The highest BCUT2D eigenvalue weighted by Crippen LogP contribution is 2.13. The van der Waals surface area contributed by atoms with Crippen LogP contribution in [0.15, 0.2) is 59.5 Å². The average Bonchev–Trinajstić information content (AvgIpc) is 2.48. The van der Waals surface area contributed by atoms with Gasteiger partial charge in [0.05, 0.1) is 4.90 Å². The molecule has 0 bridgehead atoms. The number of sulfonamides is 1. The van der Waals surface area contributed by atoms with E-state index in [4.69, 9.17) is 0 Å². The van der Waals surface area contributed by atoms with Gasteiger partial charge in [0, 0.05) is 25.3 Å². The molecule has 0 aliphatic rings. The summed E-state index contributed by atoms with van der Waals surface area (Å²) in [5.74, 6) is -0.649. The van der Waals surface area contributed by atoms with Crippen molar-refractivity contribution in [2.24, 2.45) is 0 Å². The molecule has 0 radical (unpaired) electrons. The highest BCUT2D eigenvalue weighted by atomic mass is 32.2. The van der Waals surface area contributed by atoms with E-state index in [1.54, 1.807) is 42.5 Å². The molecule has 0 aromatic heterocycles. The third-order valence-corrected chi connectivity index (χ3v) is 4.27. The highest BCUT2D eigenvalue weighted by Gasteiger charge is 2.18. The second-order valence-electron chi connectivity index (χ2n) is 4.69. The zero-order valence-corrected chi connectivity index (χ0v) is 12.6. The number of carbonyl (C=O) groups is 1. The molecule has 21 heavy (non-hydrogen) atoms. The molecule has 2 aromatic carbocycles. The fourth-order valence-electron chi connectivity index (χ4n) is 1.75. The molecule has 0 unspecified atom stereocenters. The van der Waals surface area contributed by atoms with Crippen molar-refractivity contribution in [3.05, 3.63) is 60.2 Å². The third kappa shape index (κ3) is 3.61. The van der Waals surface area contributed by atoms with Gasteiger partial charge in [-0.25, -0.2) is 13.1 Å². The molecule has 0 heterocycles. The maximum absolute atomic E-state index is 12.1. The Labute approximate surface area is 124 Å². The van der Waals surface area contributed by atoms with E-state index < -0.39 is 15.9 Å². The van der Waals surface area contributed by atoms with Crippen LogP contribution in [0.4, 0.5) is 5.69 Å². The monoisotopic (exact) mass is 304 g/mol. The van der Waals surface area contributed by atoms with E-state index in [0.29, 0.717) is 5.56 Å². The first-order valence-corrected chi connectivity index (χ1v) is 7.78. The lowest BCUT2D eigenvalue weighted by Gasteiger charge is -2.12. The molecule has 0 spiro atoms. The van der Waals surface area contributed by atoms with Gasteiger partial charge in [-0.1, -0.05) is 18.2 Å². The Hall–Kier alpha value is -2.34. The van der Waals surface area contributed by atoms with Crippen LogP contribution in [0.2, 0.25) is 0 Å². The molecule has 1 amide bonds. The summed E-state index contributed by atoms with van der Waals surface area (Å²) >= 11 is 0. The predicted octanol–water partition coefficient (Wildman–Crippen LogP) is 1.87. The summed E-state index contributed by atoms with van der Waals surface area (Å²) in [6, 6.07) is 14.5. The van der Waals surface area contributed by atoms with Crippen molar-refractivity contribution in [3.63, 3.8) is 0 Å². The molecular formula is C15H16N2O3S. The predicted molar refractivity (Wildman–Crippen MR) is 81.9 cm³/mol. The van der Waals surface area contributed by atoms with Crippen molar-refractivity contribution >= 4 is 21.6 Å². The molecule has 2 aromatic rings. The number of rotatable bonds is 4. The Morgan fingerprint density at radius 3 is 2.05 bits per heavy atom. The first-order valence-electron chi connectivity index (χ1n) is 6.30. The van der Waals surface area contributed by atoms with Crippen LogP contribution in [0.1, 0.15) is 10.4 Å². The van der Waals surface area contributed by atoms with Crippen molar-refractivity contribution in [1.29, 1.82) is 0 Å². The average molecular weight is 304 g/mol. The number of amides is 1. The quantitative estimate of drug-likeness (QED) is 0.936. The van der Waals surface area contributed by atoms with Crippen LogP contribution >= 0.6 is 0 Å². The minimum atomic E-state index is -3.84. The van der Waals surface area contributed by atoms with Gasteiger partial charge in [-0.15, -0.1) is 0 Å². The minimum absolute atomic E-state index is 0.0586. The smallest absolute Gasteiger partial charge is 0.264 e. The van der Waals surface area contributed by atoms with Crippen LogP contribution < -0.4 is 9.62 Å². The van der Waals surface area contributed by atoms with Crippen molar-refractivity contribution in [2.75, 3.05) is 19.0 Å². The Bertz CT molecular complexity index is 723. The highest BCUT2D eigenvalue weighted by molar-refractivity contribution is 7.90. The van der Waals surface area contributed by atoms with Gasteiger partial charge in [0.1, 0.15) is 0 Å². The standard InChI is InChI=1S/C15H16N2O3S/c1-17(2)13-10-8-12(9-11-13)15(18)16-21(19,20)14-6-4-3-5-7-14/h3-11H,1-2H3,(H,16,18). The zero-order chi connectivity index (χ0) is 15.5. The molecule has 0 saturated carbocycles. The Morgan fingerprint density at radius 1 is 0.952 bits per heavy atom. The third-order valence-electron chi connectivity index (χ3n) is 2.93. The molecule has 110 valence electrons. The lowest BCUT2D eigenvalue weighted by atomic mass is 10.2. The Morgan fingerprint density at radius 2 is 1.52 bits per heavy atom. The summed E-state index contributed by atoms with van der Waals surface area (Å²) in [5.41, 5.74) is 1.22. The topological polar surface area (TPSA) is 66.5 Å². The van der Waals surface area contributed by atoms with Crippen molar-refractivity contribution in [3.8, 4) is 0 Å². The van der Waals surface area contributed by atoms with Crippen molar-refractivity contribution in [1.82, 2.24) is 4.72 Å². The Balaban J connectivity index is 2.18. The van der Waals surface area contributed by atoms with Gasteiger partial charge in [-0.2, -0.15) is 0 Å². The Kier molecular flexibility index (Phi) is 4.28. The summed E-state index contributed by atoms with van der Waals surface area (Å²) in [6.45, 7) is 0. The number of carbonyl (C=O) groups excluding carboxylic acids is 1. The number of benzene rings is 2. The van der Waals surface area contributed by atoms with Gasteiger partial charge < -0.3 is 4.90 Å². The van der Waals surface area contributed by atoms with Crippen LogP contribution in [-0.4, -0.2) is 28.4 Å². The second kappa shape index (κ2) is 5.97. The number of hydrogen-bond acceptors (Lipinski definition) is 4. The SMILES string of the molecule is CN(C)c1ccc(C(=O)NS(=O)(=O)c2ccccc2)cc1. The summed E-state index contributed by atoms with van der Waals surface area (Å²) in [6.07, 6.45) is 0. The molecule has 5 nitrogen and oxygen atoms in total. The largest absolute Gasteiger partial charge is 0.378 e. The van der Waals surface area contributed by atoms with Crippen LogP contribution in [0.3, 0.4) is 0 Å². The van der Waals surface area contributed by atoms with E-state index in [0.717, 1.165) is 5.69 Å². The van der Waals surface area contributed by atoms with Crippen LogP contribution in [0.5, 0.6) is 0 Å². The van der Waals surface area contributed by atoms with Gasteiger partial charge in [0.25, 0.3) is 15.9 Å². The van der Waals surface area contributed by atoms with E-state index >= 15 is 0 Å². The fraction of sp³-hybridized carbons (Fsp3) is 0.133. The zero-order valence-electron chi connectivity index (χ0n) is 11.8. The van der Waals surface area contributed by atoms with Crippen LogP contribution in [-0.2, 0) is 10.0 Å². The van der Waals surface area contributed by atoms with Gasteiger partial charge in [0.2, 0.25) is 0 Å². The maximum Gasteiger partial charge on any atom is 0.264 e. The van der Waals surface area contributed by atoms with Crippen molar-refractivity contribution < 1.29 is 13.2 Å². The molecule has 0 aliphatic carbocycles. The molecule has 1 N–H and O–H groups in total. The minimum Gasteiger partial charge on any atom is -0.378 e. The van der Waals surface area contributed by atoms with Crippen LogP contribution in [0, 0.1) is 0 Å². The second-order valence-corrected chi connectivity index (χ2v) is 6.37. The molecule has 0 fully saturated rings. The fourth-order valence-corrected chi connectivity index (χ4v) is 2.75. The molecule has 0 saturated heterocycles. The lowest BCUT2D eigenvalue weighted by Crippen LogP contribution is -2.30. The van der Waals surface area contributed by atoms with E-state index in [2.05, 4.69) is 4.72 Å². The molecule has 0 atom stereocenters. The van der Waals surface area contributed by atoms with Crippen molar-refractivity contribution in [2.45, 2.75) is 4.90 Å². The lowest BCUT2D eigenvalue weighted by molar-refractivity contribution is 0.0981. The molecule has 6 heteroatoms. The molecule has 2 rings (SSSR count). The van der Waals surface area contributed by atoms with Gasteiger partial charge in [-0.3, -0.25) is 4.79 Å². The number of nitrogens with one attached hydrogen (secondary N) is 1. The summed E-state index contributed by atoms with van der Waals surface area (Å²) in [5, 5.41) is 0. The molecule has 0 aliphatic heterocycles. The number of hydrogen-bond donors (Lipinski definition) is 1. The summed E-state index contributed by atoms with van der Waals surface area (Å²) in [7, 11) is -0.0763.